The van der Waals surface area contributed by atoms with E-state index in [0.29, 0.717) is 24.4 Å². The molecule has 0 bridgehead atoms. The van der Waals surface area contributed by atoms with Crippen LogP contribution in [0.3, 0.4) is 0 Å². The van der Waals surface area contributed by atoms with Crippen LogP contribution in [0.25, 0.3) is 0 Å². The third-order valence-electron chi connectivity index (χ3n) is 5.62. The first-order valence-corrected chi connectivity index (χ1v) is 9.29. The minimum atomic E-state index is 0.245. The van der Waals surface area contributed by atoms with Gasteiger partial charge in [-0.05, 0) is 43.4 Å². The van der Waals surface area contributed by atoms with Crippen molar-refractivity contribution in [1.29, 1.82) is 0 Å². The Kier molecular flexibility index (Phi) is 4.72. The van der Waals surface area contributed by atoms with Gasteiger partial charge in [-0.3, -0.25) is 4.79 Å². The second-order valence-corrected chi connectivity index (χ2v) is 7.18. The van der Waals surface area contributed by atoms with Crippen molar-refractivity contribution in [2.45, 2.75) is 44.2 Å². The van der Waals surface area contributed by atoms with Crippen LogP contribution in [0.1, 0.15) is 32.1 Å². The molecule has 5 nitrogen and oxygen atoms in total. The van der Waals surface area contributed by atoms with E-state index < -0.39 is 0 Å². The van der Waals surface area contributed by atoms with Gasteiger partial charge in [0.15, 0.2) is 0 Å². The van der Waals surface area contributed by atoms with Crippen molar-refractivity contribution in [2.75, 3.05) is 36.5 Å². The zero-order valence-corrected chi connectivity index (χ0v) is 14.2. The van der Waals surface area contributed by atoms with E-state index in [0.717, 1.165) is 44.1 Å². The molecule has 1 aromatic rings. The monoisotopic (exact) mass is 329 g/mol. The maximum absolute atomic E-state index is 12.0. The van der Waals surface area contributed by atoms with E-state index >= 15 is 0 Å². The molecule has 1 saturated carbocycles. The average Bonchev–Trinajstić information content (AvgIpc) is 3.25. The standard InChI is InChI=1S/C19H27N3O2/c23-19-8-3-10-22(19)15-5-1-4-14(12-15)21-17-7-2-6-16(17)18-13-24-11-9-20-18/h1,4-5,12,16-18,20-21H,2-3,6-11,13H2. The van der Waals surface area contributed by atoms with Crippen LogP contribution in [-0.4, -0.2) is 44.3 Å². The number of carbonyl (C=O) groups is 1. The molecule has 2 saturated heterocycles. The smallest absolute Gasteiger partial charge is 0.227 e. The molecular weight excluding hydrogens is 302 g/mol. The van der Waals surface area contributed by atoms with Crippen LogP contribution in [0, 0.1) is 5.92 Å². The van der Waals surface area contributed by atoms with Gasteiger partial charge < -0.3 is 20.3 Å². The van der Waals surface area contributed by atoms with Crippen LogP contribution < -0.4 is 15.5 Å². The predicted molar refractivity (Wildman–Crippen MR) is 95.4 cm³/mol. The van der Waals surface area contributed by atoms with Crippen molar-refractivity contribution in [3.8, 4) is 0 Å². The number of anilines is 2. The number of rotatable bonds is 4. The Balaban J connectivity index is 1.45. The summed E-state index contributed by atoms with van der Waals surface area (Å²) in [5.74, 6) is 0.858. The zero-order valence-electron chi connectivity index (χ0n) is 14.2. The second-order valence-electron chi connectivity index (χ2n) is 7.18. The van der Waals surface area contributed by atoms with E-state index in [-0.39, 0.29) is 5.91 Å². The molecule has 0 aromatic heterocycles. The van der Waals surface area contributed by atoms with Crippen LogP contribution in [0.5, 0.6) is 0 Å². The third kappa shape index (κ3) is 3.28. The van der Waals surface area contributed by atoms with Crippen molar-refractivity contribution in [2.24, 2.45) is 5.92 Å². The third-order valence-corrected chi connectivity index (χ3v) is 5.62. The maximum Gasteiger partial charge on any atom is 0.227 e. The molecule has 130 valence electrons. The van der Waals surface area contributed by atoms with Crippen molar-refractivity contribution >= 4 is 17.3 Å². The lowest BCUT2D eigenvalue weighted by atomic mass is 9.94. The van der Waals surface area contributed by atoms with E-state index in [1.54, 1.807) is 0 Å². The summed E-state index contributed by atoms with van der Waals surface area (Å²) in [6.45, 7) is 3.45. The minimum Gasteiger partial charge on any atom is -0.382 e. The molecule has 1 amide bonds. The molecule has 2 heterocycles. The number of hydrogen-bond acceptors (Lipinski definition) is 4. The summed E-state index contributed by atoms with van der Waals surface area (Å²) < 4.78 is 5.66. The quantitative estimate of drug-likeness (QED) is 0.890. The lowest BCUT2D eigenvalue weighted by Gasteiger charge is -2.33. The van der Waals surface area contributed by atoms with Gasteiger partial charge in [0.2, 0.25) is 5.91 Å². The molecule has 4 rings (SSSR count). The molecule has 3 fully saturated rings. The molecular formula is C19H27N3O2. The van der Waals surface area contributed by atoms with Gasteiger partial charge in [-0.25, -0.2) is 0 Å². The topological polar surface area (TPSA) is 53.6 Å². The number of benzene rings is 1. The Hall–Kier alpha value is -1.59. The average molecular weight is 329 g/mol. The molecule has 5 heteroatoms. The van der Waals surface area contributed by atoms with Gasteiger partial charge in [0, 0.05) is 43.0 Å². The van der Waals surface area contributed by atoms with Crippen LogP contribution in [-0.2, 0) is 9.53 Å². The molecule has 3 aliphatic rings. The molecule has 2 aliphatic heterocycles. The largest absolute Gasteiger partial charge is 0.382 e. The normalized spacial score (nSPS) is 30.8. The highest BCUT2D eigenvalue weighted by Crippen LogP contribution is 2.33. The number of ether oxygens (including phenoxy) is 1. The van der Waals surface area contributed by atoms with Crippen molar-refractivity contribution < 1.29 is 9.53 Å². The van der Waals surface area contributed by atoms with Crippen molar-refractivity contribution in [3.05, 3.63) is 24.3 Å². The predicted octanol–water partition coefficient (Wildman–Crippen LogP) is 2.38. The SMILES string of the molecule is O=C1CCCN1c1cccc(NC2CCCC2C2COCCN2)c1. The lowest BCUT2D eigenvalue weighted by molar-refractivity contribution is -0.117. The summed E-state index contributed by atoms with van der Waals surface area (Å²) in [6.07, 6.45) is 5.37. The number of amides is 1. The molecule has 0 spiro atoms. The van der Waals surface area contributed by atoms with Crippen LogP contribution in [0.2, 0.25) is 0 Å². The van der Waals surface area contributed by atoms with E-state index in [9.17, 15) is 4.79 Å². The summed E-state index contributed by atoms with van der Waals surface area (Å²) in [5, 5.41) is 7.35. The fourth-order valence-electron chi connectivity index (χ4n) is 4.41. The first kappa shape index (κ1) is 15.9. The highest BCUT2D eigenvalue weighted by molar-refractivity contribution is 5.95. The Labute approximate surface area is 143 Å². The molecule has 24 heavy (non-hydrogen) atoms. The Bertz CT molecular complexity index is 586. The van der Waals surface area contributed by atoms with E-state index in [4.69, 9.17) is 4.74 Å². The molecule has 0 radical (unpaired) electrons. The minimum absolute atomic E-state index is 0.245. The van der Waals surface area contributed by atoms with E-state index in [1.807, 2.05) is 11.0 Å². The zero-order chi connectivity index (χ0) is 16.4. The van der Waals surface area contributed by atoms with Gasteiger partial charge in [-0.2, -0.15) is 0 Å². The summed E-state index contributed by atoms with van der Waals surface area (Å²) in [6, 6.07) is 9.27. The van der Waals surface area contributed by atoms with Crippen LogP contribution >= 0.6 is 0 Å². The first-order valence-electron chi connectivity index (χ1n) is 9.29. The number of hydrogen-bond donors (Lipinski definition) is 2. The van der Waals surface area contributed by atoms with Crippen molar-refractivity contribution in [3.63, 3.8) is 0 Å². The maximum atomic E-state index is 12.0. The number of carbonyl (C=O) groups excluding carboxylic acids is 1. The lowest BCUT2D eigenvalue weighted by Crippen LogP contribution is -2.49. The highest BCUT2D eigenvalue weighted by Gasteiger charge is 2.34. The van der Waals surface area contributed by atoms with Crippen LogP contribution in [0.4, 0.5) is 11.4 Å². The number of nitrogens with one attached hydrogen (secondary N) is 2. The molecule has 1 aliphatic carbocycles. The summed E-state index contributed by atoms with van der Waals surface area (Å²) in [7, 11) is 0. The Morgan fingerprint density at radius 2 is 2.21 bits per heavy atom. The fraction of sp³-hybridized carbons (Fsp3) is 0.632. The summed E-state index contributed by atoms with van der Waals surface area (Å²) >= 11 is 0. The van der Waals surface area contributed by atoms with Gasteiger partial charge in [0.05, 0.1) is 13.2 Å². The molecule has 2 N–H and O–H groups in total. The first-order chi connectivity index (χ1) is 11.8. The van der Waals surface area contributed by atoms with Crippen molar-refractivity contribution in [1.82, 2.24) is 5.32 Å². The van der Waals surface area contributed by atoms with Gasteiger partial charge in [-0.1, -0.05) is 12.5 Å². The van der Waals surface area contributed by atoms with Gasteiger partial charge in [0.25, 0.3) is 0 Å². The highest BCUT2D eigenvalue weighted by atomic mass is 16.5. The van der Waals surface area contributed by atoms with Gasteiger partial charge in [-0.15, -0.1) is 0 Å². The summed E-state index contributed by atoms with van der Waals surface area (Å²) in [4.78, 5) is 13.9. The Morgan fingerprint density at radius 1 is 1.25 bits per heavy atom. The molecule has 1 aromatic carbocycles. The summed E-state index contributed by atoms with van der Waals surface area (Å²) in [5.41, 5.74) is 2.15. The number of nitrogens with zero attached hydrogens (tertiary/aromatic N) is 1. The van der Waals surface area contributed by atoms with Crippen LogP contribution in [0.15, 0.2) is 24.3 Å². The number of morpholine rings is 1. The van der Waals surface area contributed by atoms with Gasteiger partial charge in [0.1, 0.15) is 0 Å². The van der Waals surface area contributed by atoms with Gasteiger partial charge >= 0.3 is 0 Å². The Morgan fingerprint density at radius 3 is 3.00 bits per heavy atom. The second kappa shape index (κ2) is 7.11. The molecule has 3 atom stereocenters. The van der Waals surface area contributed by atoms with E-state index in [1.165, 1.54) is 19.3 Å². The fourth-order valence-corrected chi connectivity index (χ4v) is 4.41. The van der Waals surface area contributed by atoms with E-state index in [2.05, 4.69) is 28.8 Å². The molecule has 3 unspecified atom stereocenters.